The molecular weight excluding hydrogens is 310 g/mol. The Morgan fingerprint density at radius 2 is 1.48 bits per heavy atom. The van der Waals surface area contributed by atoms with Gasteiger partial charge in [0.1, 0.15) is 5.40 Å². The van der Waals surface area contributed by atoms with Gasteiger partial charge in [-0.3, -0.25) is 9.59 Å². The van der Waals surface area contributed by atoms with Crippen molar-refractivity contribution in [3.8, 4) is 5.40 Å². The molecule has 0 saturated heterocycles. The van der Waals surface area contributed by atoms with Gasteiger partial charge in [0.2, 0.25) is 0 Å². The van der Waals surface area contributed by atoms with Crippen molar-refractivity contribution in [1.82, 2.24) is 0 Å². The van der Waals surface area contributed by atoms with Crippen LogP contribution in [0.15, 0.2) is 47.4 Å². The highest BCUT2D eigenvalue weighted by Gasteiger charge is 2.14. The number of nitriles is 1. The normalized spacial score (nSPS) is 9.78. The number of thiocyanates is 1. The predicted octanol–water partition coefficient (Wildman–Crippen LogP) is 3.45. The Morgan fingerprint density at radius 1 is 0.913 bits per heavy atom. The number of hydrogen-bond acceptors (Lipinski definition) is 4. The van der Waals surface area contributed by atoms with Crippen LogP contribution in [0.2, 0.25) is 0 Å². The number of anilines is 2. The first-order valence-corrected chi connectivity index (χ1v) is 7.67. The number of amides is 2. The lowest BCUT2D eigenvalue weighted by Crippen LogP contribution is -2.29. The quantitative estimate of drug-likeness (QED) is 0.514. The molecule has 0 spiro atoms. The second-order valence-corrected chi connectivity index (χ2v) is 5.78. The van der Waals surface area contributed by atoms with Crippen LogP contribution in [-0.4, -0.2) is 11.8 Å². The van der Waals surface area contributed by atoms with Crippen molar-refractivity contribution in [3.63, 3.8) is 0 Å². The van der Waals surface area contributed by atoms with Crippen LogP contribution in [0.3, 0.4) is 0 Å². The van der Waals surface area contributed by atoms with E-state index in [1.54, 1.807) is 30.3 Å². The van der Waals surface area contributed by atoms with Gasteiger partial charge in [-0.1, -0.05) is 6.07 Å². The van der Waals surface area contributed by atoms with Crippen molar-refractivity contribution < 1.29 is 9.59 Å². The van der Waals surface area contributed by atoms with E-state index in [1.165, 1.54) is 0 Å². The van der Waals surface area contributed by atoms with E-state index in [1.807, 2.05) is 31.4 Å². The summed E-state index contributed by atoms with van der Waals surface area (Å²) in [6, 6.07) is 12.1. The number of carbonyl (C=O) groups is 2. The molecule has 0 fully saturated rings. The van der Waals surface area contributed by atoms with Gasteiger partial charge in [-0.05, 0) is 73.1 Å². The first-order chi connectivity index (χ1) is 11.0. The van der Waals surface area contributed by atoms with E-state index in [4.69, 9.17) is 5.26 Å². The molecule has 0 aliphatic carbocycles. The fourth-order valence-electron chi connectivity index (χ4n) is 1.85. The summed E-state index contributed by atoms with van der Waals surface area (Å²) < 4.78 is 0. The lowest BCUT2D eigenvalue weighted by atomic mass is 10.1. The topological polar surface area (TPSA) is 82.0 Å². The molecule has 0 saturated carbocycles. The van der Waals surface area contributed by atoms with Gasteiger partial charge in [0, 0.05) is 16.3 Å². The summed E-state index contributed by atoms with van der Waals surface area (Å²) in [4.78, 5) is 24.6. The Bertz CT molecular complexity index is 779. The van der Waals surface area contributed by atoms with Crippen molar-refractivity contribution in [2.45, 2.75) is 18.7 Å². The highest BCUT2D eigenvalue weighted by atomic mass is 32.2. The van der Waals surface area contributed by atoms with E-state index in [0.717, 1.165) is 27.8 Å². The van der Waals surface area contributed by atoms with Gasteiger partial charge >= 0.3 is 11.8 Å². The van der Waals surface area contributed by atoms with Crippen LogP contribution >= 0.6 is 11.8 Å². The largest absolute Gasteiger partial charge is 0.318 e. The van der Waals surface area contributed by atoms with Crippen molar-refractivity contribution in [2.24, 2.45) is 0 Å². The lowest BCUT2D eigenvalue weighted by Gasteiger charge is -2.08. The molecule has 0 aliphatic heterocycles. The number of thioether (sulfide) groups is 1. The van der Waals surface area contributed by atoms with Crippen molar-refractivity contribution >= 4 is 35.0 Å². The van der Waals surface area contributed by atoms with Gasteiger partial charge in [-0.2, -0.15) is 5.26 Å². The van der Waals surface area contributed by atoms with E-state index in [0.29, 0.717) is 11.4 Å². The second kappa shape index (κ2) is 7.47. The minimum atomic E-state index is -0.746. The Kier molecular flexibility index (Phi) is 5.39. The summed E-state index contributed by atoms with van der Waals surface area (Å²) in [5, 5.41) is 15.6. The zero-order valence-corrected chi connectivity index (χ0v) is 13.5. The molecule has 5 nitrogen and oxygen atoms in total. The first-order valence-electron chi connectivity index (χ1n) is 6.85. The molecule has 0 atom stereocenters. The summed E-state index contributed by atoms with van der Waals surface area (Å²) in [7, 11) is 0. The first kappa shape index (κ1) is 16.6. The Hall–Kier alpha value is -2.78. The number of nitrogens with one attached hydrogen (secondary N) is 2. The summed E-state index contributed by atoms with van der Waals surface area (Å²) in [5.74, 6) is -1.48. The summed E-state index contributed by atoms with van der Waals surface area (Å²) in [5.41, 5.74) is 3.22. The maximum atomic E-state index is 11.9. The van der Waals surface area contributed by atoms with Gasteiger partial charge < -0.3 is 10.6 Å². The van der Waals surface area contributed by atoms with E-state index >= 15 is 0 Å². The van der Waals surface area contributed by atoms with Gasteiger partial charge in [0.15, 0.2) is 0 Å². The lowest BCUT2D eigenvalue weighted by molar-refractivity contribution is -0.132. The molecule has 2 aromatic carbocycles. The zero-order valence-electron chi connectivity index (χ0n) is 12.7. The van der Waals surface area contributed by atoms with Crippen LogP contribution in [0.5, 0.6) is 0 Å². The van der Waals surface area contributed by atoms with Crippen LogP contribution in [0.25, 0.3) is 0 Å². The van der Waals surface area contributed by atoms with Crippen LogP contribution in [0.4, 0.5) is 11.4 Å². The highest BCUT2D eigenvalue weighted by molar-refractivity contribution is 8.03. The standard InChI is InChI=1S/C17H15N3O2S/c1-11-3-4-14(9-12(11)2)20-17(22)16(21)19-13-5-7-15(8-6-13)23-10-18/h3-9H,1-2H3,(H,19,21)(H,20,22). The second-order valence-electron chi connectivity index (χ2n) is 4.93. The van der Waals surface area contributed by atoms with Gasteiger partial charge in [0.05, 0.1) is 0 Å². The minimum Gasteiger partial charge on any atom is -0.318 e. The van der Waals surface area contributed by atoms with Gasteiger partial charge in [-0.25, -0.2) is 0 Å². The summed E-state index contributed by atoms with van der Waals surface area (Å²) in [6.07, 6.45) is 0. The molecule has 0 heterocycles. The third-order valence-corrected chi connectivity index (χ3v) is 3.85. The molecule has 0 radical (unpaired) electrons. The van der Waals surface area contributed by atoms with E-state index < -0.39 is 11.8 Å². The molecule has 2 N–H and O–H groups in total. The molecule has 2 amide bonds. The molecule has 2 aromatic rings. The van der Waals surface area contributed by atoms with Crippen molar-refractivity contribution in [2.75, 3.05) is 10.6 Å². The number of carbonyl (C=O) groups excluding carboxylic acids is 2. The molecule has 116 valence electrons. The van der Waals surface area contributed by atoms with Gasteiger partial charge in [0.25, 0.3) is 0 Å². The Labute approximate surface area is 138 Å². The van der Waals surface area contributed by atoms with Crippen molar-refractivity contribution in [3.05, 3.63) is 53.6 Å². The van der Waals surface area contributed by atoms with Crippen LogP contribution in [0.1, 0.15) is 11.1 Å². The molecule has 0 aliphatic rings. The van der Waals surface area contributed by atoms with Crippen LogP contribution in [0, 0.1) is 24.5 Å². The number of rotatable bonds is 3. The number of hydrogen-bond donors (Lipinski definition) is 2. The minimum absolute atomic E-state index is 0.493. The van der Waals surface area contributed by atoms with E-state index in [9.17, 15) is 9.59 Å². The molecule has 0 bridgehead atoms. The molecule has 23 heavy (non-hydrogen) atoms. The Balaban J connectivity index is 1.98. The van der Waals surface area contributed by atoms with Gasteiger partial charge in [-0.15, -0.1) is 0 Å². The number of nitrogens with zero attached hydrogens (tertiary/aromatic N) is 1. The molecule has 0 unspecified atom stereocenters. The predicted molar refractivity (Wildman–Crippen MR) is 91.1 cm³/mol. The fraction of sp³-hybridized carbons (Fsp3) is 0.118. The van der Waals surface area contributed by atoms with Crippen LogP contribution in [-0.2, 0) is 9.59 Å². The SMILES string of the molecule is Cc1ccc(NC(=O)C(=O)Nc2ccc(SC#N)cc2)cc1C. The third-order valence-electron chi connectivity index (χ3n) is 3.25. The average Bonchev–Trinajstić information content (AvgIpc) is 2.53. The molecule has 0 aromatic heterocycles. The maximum absolute atomic E-state index is 11.9. The summed E-state index contributed by atoms with van der Waals surface area (Å²) >= 11 is 1.03. The zero-order chi connectivity index (χ0) is 16.8. The van der Waals surface area contributed by atoms with Crippen molar-refractivity contribution in [1.29, 1.82) is 5.26 Å². The number of benzene rings is 2. The fourth-order valence-corrected chi connectivity index (χ4v) is 2.23. The highest BCUT2D eigenvalue weighted by Crippen LogP contribution is 2.19. The maximum Gasteiger partial charge on any atom is 0.314 e. The molecule has 6 heteroatoms. The van der Waals surface area contributed by atoms with Crippen LogP contribution < -0.4 is 10.6 Å². The van der Waals surface area contributed by atoms with E-state index in [-0.39, 0.29) is 0 Å². The molecular formula is C17H15N3O2S. The average molecular weight is 325 g/mol. The monoisotopic (exact) mass is 325 g/mol. The van der Waals surface area contributed by atoms with E-state index in [2.05, 4.69) is 10.6 Å². The smallest absolute Gasteiger partial charge is 0.314 e. The Morgan fingerprint density at radius 3 is 2.04 bits per heavy atom. The third kappa shape index (κ3) is 4.59. The number of aryl methyl sites for hydroxylation is 2. The summed E-state index contributed by atoms with van der Waals surface area (Å²) in [6.45, 7) is 3.91. The molecule has 2 rings (SSSR count).